The standard InChI is InChI=1S/C14H25N3O5/c18-9-8-16-14(22)6-3-5-13(21)15-7-2-1-4-12(10-19)17-11-20/h10-12,18H,1-9H2,(H,15,21)(H,16,22)(H,17,20). The average Bonchev–Trinajstić information content (AvgIpc) is 2.51. The number of rotatable bonds is 14. The Morgan fingerprint density at radius 1 is 0.955 bits per heavy atom. The maximum atomic E-state index is 11.5. The number of aldehydes is 1. The van der Waals surface area contributed by atoms with Crippen molar-refractivity contribution in [2.45, 2.75) is 44.6 Å². The summed E-state index contributed by atoms with van der Waals surface area (Å²) in [4.78, 5) is 43.5. The number of unbranched alkanes of at least 4 members (excludes halogenated alkanes) is 1. The molecule has 0 radical (unpaired) electrons. The van der Waals surface area contributed by atoms with Crippen molar-refractivity contribution in [1.29, 1.82) is 0 Å². The number of carbonyl (C=O) groups is 4. The van der Waals surface area contributed by atoms with Gasteiger partial charge < -0.3 is 25.9 Å². The Balaban J connectivity index is 3.51. The van der Waals surface area contributed by atoms with Crippen molar-refractivity contribution < 1.29 is 24.3 Å². The lowest BCUT2D eigenvalue weighted by Crippen LogP contribution is -2.29. The highest BCUT2D eigenvalue weighted by Gasteiger charge is 2.06. The van der Waals surface area contributed by atoms with Gasteiger partial charge in [0.2, 0.25) is 18.2 Å². The Morgan fingerprint density at radius 2 is 1.59 bits per heavy atom. The Bertz CT molecular complexity index is 349. The summed E-state index contributed by atoms with van der Waals surface area (Å²) in [5.74, 6) is -0.294. The first-order valence-corrected chi connectivity index (χ1v) is 7.43. The molecule has 0 aromatic heterocycles. The van der Waals surface area contributed by atoms with E-state index in [1.807, 2.05) is 0 Å². The molecule has 0 spiro atoms. The SMILES string of the molecule is O=CNC(C=O)CCCCNC(=O)CCCC(=O)NCCO. The summed E-state index contributed by atoms with van der Waals surface area (Å²) in [5, 5.41) is 16.2. The number of amides is 3. The van der Waals surface area contributed by atoms with Crippen molar-refractivity contribution in [3.05, 3.63) is 0 Å². The molecule has 3 amide bonds. The van der Waals surface area contributed by atoms with E-state index in [2.05, 4.69) is 16.0 Å². The smallest absolute Gasteiger partial charge is 0.220 e. The van der Waals surface area contributed by atoms with Gasteiger partial charge in [0.25, 0.3) is 0 Å². The lowest BCUT2D eigenvalue weighted by Gasteiger charge is -2.09. The van der Waals surface area contributed by atoms with E-state index in [0.717, 1.165) is 0 Å². The van der Waals surface area contributed by atoms with Gasteiger partial charge in [0, 0.05) is 25.9 Å². The summed E-state index contributed by atoms with van der Waals surface area (Å²) in [6.45, 7) is 0.632. The van der Waals surface area contributed by atoms with Gasteiger partial charge in [-0.15, -0.1) is 0 Å². The van der Waals surface area contributed by atoms with E-state index < -0.39 is 6.04 Å². The first-order valence-electron chi connectivity index (χ1n) is 7.43. The van der Waals surface area contributed by atoms with E-state index in [1.54, 1.807) is 0 Å². The van der Waals surface area contributed by atoms with Crippen LogP contribution < -0.4 is 16.0 Å². The van der Waals surface area contributed by atoms with Crippen LogP contribution in [0.2, 0.25) is 0 Å². The van der Waals surface area contributed by atoms with Crippen molar-refractivity contribution in [3.63, 3.8) is 0 Å². The van der Waals surface area contributed by atoms with Crippen LogP contribution in [0, 0.1) is 0 Å². The van der Waals surface area contributed by atoms with E-state index in [4.69, 9.17) is 5.11 Å². The van der Waals surface area contributed by atoms with Crippen molar-refractivity contribution in [2.75, 3.05) is 19.7 Å². The quantitative estimate of drug-likeness (QED) is 0.238. The molecule has 0 saturated heterocycles. The molecule has 0 heterocycles. The van der Waals surface area contributed by atoms with Crippen LogP contribution in [0.15, 0.2) is 0 Å². The summed E-state index contributed by atoms with van der Waals surface area (Å²) < 4.78 is 0. The molecule has 0 aliphatic carbocycles. The molecule has 0 saturated carbocycles. The molecule has 0 aliphatic heterocycles. The van der Waals surface area contributed by atoms with Crippen molar-refractivity contribution in [1.82, 2.24) is 16.0 Å². The minimum Gasteiger partial charge on any atom is -0.395 e. The monoisotopic (exact) mass is 315 g/mol. The second-order valence-electron chi connectivity index (χ2n) is 4.80. The van der Waals surface area contributed by atoms with Crippen molar-refractivity contribution in [2.24, 2.45) is 0 Å². The molecule has 8 heteroatoms. The molecule has 1 atom stereocenters. The Labute approximate surface area is 130 Å². The van der Waals surface area contributed by atoms with Gasteiger partial charge in [-0.3, -0.25) is 14.4 Å². The van der Waals surface area contributed by atoms with Crippen LogP contribution in [-0.2, 0) is 19.2 Å². The van der Waals surface area contributed by atoms with Crippen LogP contribution in [-0.4, -0.2) is 55.4 Å². The topological polar surface area (TPSA) is 125 Å². The van der Waals surface area contributed by atoms with Gasteiger partial charge in [-0.1, -0.05) is 0 Å². The van der Waals surface area contributed by atoms with Gasteiger partial charge in [-0.25, -0.2) is 0 Å². The maximum absolute atomic E-state index is 11.5. The van der Waals surface area contributed by atoms with Gasteiger partial charge in [0.15, 0.2) is 0 Å². The van der Waals surface area contributed by atoms with Gasteiger partial charge in [0.05, 0.1) is 12.6 Å². The fraction of sp³-hybridized carbons (Fsp3) is 0.714. The zero-order valence-electron chi connectivity index (χ0n) is 12.7. The molecular formula is C14H25N3O5. The zero-order valence-corrected chi connectivity index (χ0v) is 12.7. The number of hydrogen-bond donors (Lipinski definition) is 4. The van der Waals surface area contributed by atoms with E-state index in [9.17, 15) is 19.2 Å². The van der Waals surface area contributed by atoms with Gasteiger partial charge in [0.1, 0.15) is 6.29 Å². The van der Waals surface area contributed by atoms with E-state index >= 15 is 0 Å². The third-order valence-corrected chi connectivity index (χ3v) is 2.95. The molecule has 0 fully saturated rings. The highest BCUT2D eigenvalue weighted by atomic mass is 16.3. The number of aliphatic hydroxyl groups excluding tert-OH is 1. The van der Waals surface area contributed by atoms with E-state index in [1.165, 1.54) is 0 Å². The molecule has 0 rings (SSSR count). The predicted molar refractivity (Wildman–Crippen MR) is 79.9 cm³/mol. The number of carbonyl (C=O) groups excluding carboxylic acids is 4. The first-order chi connectivity index (χ1) is 10.6. The number of aliphatic hydroxyl groups is 1. The summed E-state index contributed by atoms with van der Waals surface area (Å²) >= 11 is 0. The van der Waals surface area contributed by atoms with Crippen molar-refractivity contribution >= 4 is 24.5 Å². The number of nitrogens with one attached hydrogen (secondary N) is 3. The molecule has 0 aromatic rings. The van der Waals surface area contributed by atoms with E-state index in [0.29, 0.717) is 44.9 Å². The van der Waals surface area contributed by atoms with Gasteiger partial charge >= 0.3 is 0 Å². The van der Waals surface area contributed by atoms with Gasteiger partial charge in [-0.2, -0.15) is 0 Å². The molecule has 0 aliphatic rings. The largest absolute Gasteiger partial charge is 0.395 e. The van der Waals surface area contributed by atoms with E-state index in [-0.39, 0.29) is 37.8 Å². The van der Waals surface area contributed by atoms with Crippen LogP contribution >= 0.6 is 0 Å². The van der Waals surface area contributed by atoms with Crippen LogP contribution in [0.5, 0.6) is 0 Å². The summed E-state index contributed by atoms with van der Waals surface area (Å²) in [5.41, 5.74) is 0. The molecule has 0 bridgehead atoms. The minimum atomic E-state index is -0.467. The molecule has 22 heavy (non-hydrogen) atoms. The molecule has 0 aromatic carbocycles. The molecule has 126 valence electrons. The Kier molecular flexibility index (Phi) is 12.8. The summed E-state index contributed by atoms with van der Waals surface area (Å²) in [6.07, 6.45) is 4.15. The average molecular weight is 315 g/mol. The van der Waals surface area contributed by atoms with Crippen LogP contribution in [0.1, 0.15) is 38.5 Å². The molecule has 4 N–H and O–H groups in total. The second-order valence-corrected chi connectivity index (χ2v) is 4.80. The Morgan fingerprint density at radius 3 is 2.14 bits per heavy atom. The van der Waals surface area contributed by atoms with Crippen LogP contribution in [0.3, 0.4) is 0 Å². The normalized spacial score (nSPS) is 11.3. The van der Waals surface area contributed by atoms with Crippen LogP contribution in [0.4, 0.5) is 0 Å². The Hall–Kier alpha value is -1.96. The highest BCUT2D eigenvalue weighted by molar-refractivity contribution is 5.78. The maximum Gasteiger partial charge on any atom is 0.220 e. The zero-order chi connectivity index (χ0) is 16.6. The third kappa shape index (κ3) is 11.8. The summed E-state index contributed by atoms with van der Waals surface area (Å²) in [6, 6.07) is -0.467. The number of hydrogen-bond acceptors (Lipinski definition) is 5. The van der Waals surface area contributed by atoms with Gasteiger partial charge in [-0.05, 0) is 25.7 Å². The lowest BCUT2D eigenvalue weighted by atomic mass is 10.1. The highest BCUT2D eigenvalue weighted by Crippen LogP contribution is 1.99. The van der Waals surface area contributed by atoms with Crippen LogP contribution in [0.25, 0.3) is 0 Å². The first kappa shape index (κ1) is 20.0. The fourth-order valence-corrected chi connectivity index (χ4v) is 1.78. The molecule has 1 unspecified atom stereocenters. The lowest BCUT2D eigenvalue weighted by molar-refractivity contribution is -0.122. The summed E-state index contributed by atoms with van der Waals surface area (Å²) in [7, 11) is 0. The molecule has 8 nitrogen and oxygen atoms in total. The molecular weight excluding hydrogens is 290 g/mol. The predicted octanol–water partition coefficient (Wildman–Crippen LogP) is -1.13. The third-order valence-electron chi connectivity index (χ3n) is 2.95. The second kappa shape index (κ2) is 14.0. The minimum absolute atomic E-state index is 0.0977. The van der Waals surface area contributed by atoms with Crippen molar-refractivity contribution in [3.8, 4) is 0 Å². The fourth-order valence-electron chi connectivity index (χ4n) is 1.78.